The first-order chi connectivity index (χ1) is 6.16. The molecule has 3 heteroatoms. The molecule has 0 aromatic carbocycles. The van der Waals surface area contributed by atoms with Crippen molar-refractivity contribution in [1.82, 2.24) is 5.32 Å². The van der Waals surface area contributed by atoms with Gasteiger partial charge in [-0.15, -0.1) is 0 Å². The van der Waals surface area contributed by atoms with Crippen molar-refractivity contribution >= 4 is 5.91 Å². The Balaban J connectivity index is 3.04. The molecule has 0 radical (unpaired) electrons. The molecule has 0 bridgehead atoms. The molecule has 0 aromatic rings. The second-order valence-corrected chi connectivity index (χ2v) is 3.40. The highest BCUT2D eigenvalue weighted by molar-refractivity contribution is 5.75. The zero-order valence-corrected chi connectivity index (χ0v) is 8.68. The first-order valence-corrected chi connectivity index (χ1v) is 5.11. The molecular weight excluding hydrogens is 166 g/mol. The molecule has 0 unspecified atom stereocenters. The number of aliphatic hydroxyl groups excluding tert-OH is 1. The average Bonchev–Trinajstić information content (AvgIpc) is 2.10. The van der Waals surface area contributed by atoms with E-state index in [4.69, 9.17) is 5.11 Å². The molecule has 0 saturated carbocycles. The minimum absolute atomic E-state index is 0.121. The van der Waals surface area contributed by atoms with Crippen LogP contribution in [0, 0.1) is 0 Å². The standard InChI is InChI=1S/C10H21NO2/c1-3-10(13)11-8-6-4-5-7-9(2)12/h9,12H,3-8H2,1-2H3,(H,11,13)/t9-/m1/s1. The van der Waals surface area contributed by atoms with Gasteiger partial charge in [-0.1, -0.05) is 19.8 Å². The quantitative estimate of drug-likeness (QED) is 0.593. The van der Waals surface area contributed by atoms with Crippen LogP contribution in [-0.2, 0) is 4.79 Å². The van der Waals surface area contributed by atoms with Crippen LogP contribution in [0.1, 0.15) is 46.0 Å². The molecule has 0 heterocycles. The van der Waals surface area contributed by atoms with Crippen molar-refractivity contribution in [2.45, 2.75) is 52.1 Å². The fraction of sp³-hybridized carbons (Fsp3) is 0.900. The summed E-state index contributed by atoms with van der Waals surface area (Å²) in [5, 5.41) is 11.8. The van der Waals surface area contributed by atoms with E-state index in [-0.39, 0.29) is 12.0 Å². The molecule has 0 aliphatic carbocycles. The Morgan fingerprint density at radius 2 is 2.08 bits per heavy atom. The van der Waals surface area contributed by atoms with Crippen molar-refractivity contribution in [3.63, 3.8) is 0 Å². The molecule has 0 saturated heterocycles. The lowest BCUT2D eigenvalue weighted by Crippen LogP contribution is -2.23. The summed E-state index contributed by atoms with van der Waals surface area (Å²) < 4.78 is 0. The van der Waals surface area contributed by atoms with E-state index in [9.17, 15) is 4.79 Å². The van der Waals surface area contributed by atoms with Gasteiger partial charge in [0.15, 0.2) is 0 Å². The summed E-state index contributed by atoms with van der Waals surface area (Å²) in [7, 11) is 0. The van der Waals surface area contributed by atoms with E-state index in [1.807, 2.05) is 6.92 Å². The Morgan fingerprint density at radius 3 is 2.62 bits per heavy atom. The smallest absolute Gasteiger partial charge is 0.219 e. The van der Waals surface area contributed by atoms with Gasteiger partial charge in [0.25, 0.3) is 0 Å². The second-order valence-electron chi connectivity index (χ2n) is 3.40. The maximum Gasteiger partial charge on any atom is 0.219 e. The maximum atomic E-state index is 10.8. The predicted molar refractivity (Wildman–Crippen MR) is 53.4 cm³/mol. The van der Waals surface area contributed by atoms with Gasteiger partial charge in [0.2, 0.25) is 5.91 Å². The van der Waals surface area contributed by atoms with Gasteiger partial charge < -0.3 is 10.4 Å². The molecule has 0 aliphatic rings. The second kappa shape index (κ2) is 8.05. The number of hydrogen-bond donors (Lipinski definition) is 2. The Morgan fingerprint density at radius 1 is 1.38 bits per heavy atom. The van der Waals surface area contributed by atoms with Crippen molar-refractivity contribution in [2.75, 3.05) is 6.54 Å². The SMILES string of the molecule is CCC(=O)NCCCCC[C@@H](C)O. The number of carbonyl (C=O) groups excluding carboxylic acids is 1. The Bertz CT molecular complexity index is 135. The molecule has 3 nitrogen and oxygen atoms in total. The third kappa shape index (κ3) is 9.34. The minimum atomic E-state index is -0.190. The molecule has 0 aliphatic heterocycles. The molecule has 0 aromatic heterocycles. The molecule has 0 spiro atoms. The van der Waals surface area contributed by atoms with Crippen molar-refractivity contribution in [3.05, 3.63) is 0 Å². The van der Waals surface area contributed by atoms with Gasteiger partial charge >= 0.3 is 0 Å². The maximum absolute atomic E-state index is 10.8. The van der Waals surface area contributed by atoms with Gasteiger partial charge in [-0.2, -0.15) is 0 Å². The number of rotatable bonds is 7. The average molecular weight is 187 g/mol. The molecule has 2 N–H and O–H groups in total. The van der Waals surface area contributed by atoms with Gasteiger partial charge in [0.05, 0.1) is 6.10 Å². The van der Waals surface area contributed by atoms with E-state index in [2.05, 4.69) is 5.32 Å². The third-order valence-corrected chi connectivity index (χ3v) is 1.94. The fourth-order valence-electron chi connectivity index (χ4n) is 1.09. The van der Waals surface area contributed by atoms with Crippen molar-refractivity contribution < 1.29 is 9.90 Å². The van der Waals surface area contributed by atoms with Crippen LogP contribution in [0.4, 0.5) is 0 Å². The van der Waals surface area contributed by atoms with E-state index in [0.29, 0.717) is 6.42 Å². The zero-order valence-electron chi connectivity index (χ0n) is 8.68. The molecule has 1 atom stereocenters. The number of amides is 1. The summed E-state index contributed by atoms with van der Waals surface area (Å²) in [6.45, 7) is 4.42. The topological polar surface area (TPSA) is 49.3 Å². The van der Waals surface area contributed by atoms with Crippen LogP contribution in [0.2, 0.25) is 0 Å². The molecular formula is C10H21NO2. The van der Waals surface area contributed by atoms with Gasteiger partial charge in [-0.3, -0.25) is 4.79 Å². The van der Waals surface area contributed by atoms with Gasteiger partial charge in [0.1, 0.15) is 0 Å². The molecule has 0 fully saturated rings. The highest BCUT2D eigenvalue weighted by Gasteiger charge is 1.97. The van der Waals surface area contributed by atoms with Crippen LogP contribution in [0.5, 0.6) is 0 Å². The summed E-state index contributed by atoms with van der Waals surface area (Å²) in [4.78, 5) is 10.8. The van der Waals surface area contributed by atoms with Crippen LogP contribution in [0.15, 0.2) is 0 Å². The van der Waals surface area contributed by atoms with E-state index < -0.39 is 0 Å². The van der Waals surface area contributed by atoms with Crippen LogP contribution in [-0.4, -0.2) is 23.7 Å². The third-order valence-electron chi connectivity index (χ3n) is 1.94. The number of nitrogens with one attached hydrogen (secondary N) is 1. The summed E-state index contributed by atoms with van der Waals surface area (Å²) >= 11 is 0. The Kier molecular flexibility index (Phi) is 7.69. The van der Waals surface area contributed by atoms with Crippen LogP contribution in [0.3, 0.4) is 0 Å². The van der Waals surface area contributed by atoms with Crippen LogP contribution in [0.25, 0.3) is 0 Å². The summed E-state index contributed by atoms with van der Waals surface area (Å²) in [6, 6.07) is 0. The van der Waals surface area contributed by atoms with E-state index in [0.717, 1.165) is 32.2 Å². The number of carbonyl (C=O) groups is 1. The van der Waals surface area contributed by atoms with E-state index in [1.54, 1.807) is 6.92 Å². The summed E-state index contributed by atoms with van der Waals surface area (Å²) in [6.07, 6.45) is 4.37. The lowest BCUT2D eigenvalue weighted by molar-refractivity contribution is -0.120. The van der Waals surface area contributed by atoms with Crippen LogP contribution >= 0.6 is 0 Å². The van der Waals surface area contributed by atoms with Gasteiger partial charge in [0, 0.05) is 13.0 Å². The van der Waals surface area contributed by atoms with E-state index >= 15 is 0 Å². The predicted octanol–water partition coefficient (Wildman–Crippen LogP) is 1.45. The largest absolute Gasteiger partial charge is 0.393 e. The number of hydrogen-bond acceptors (Lipinski definition) is 2. The first-order valence-electron chi connectivity index (χ1n) is 5.11. The number of unbranched alkanes of at least 4 members (excludes halogenated alkanes) is 2. The summed E-state index contributed by atoms with van der Waals surface area (Å²) in [5.74, 6) is 0.121. The number of aliphatic hydroxyl groups is 1. The first kappa shape index (κ1) is 12.4. The zero-order chi connectivity index (χ0) is 10.1. The Labute approximate surface area is 80.5 Å². The van der Waals surface area contributed by atoms with Crippen LogP contribution < -0.4 is 5.32 Å². The highest BCUT2D eigenvalue weighted by Crippen LogP contribution is 2.02. The molecule has 1 amide bonds. The fourth-order valence-corrected chi connectivity index (χ4v) is 1.09. The highest BCUT2D eigenvalue weighted by atomic mass is 16.3. The van der Waals surface area contributed by atoms with Gasteiger partial charge in [-0.25, -0.2) is 0 Å². The van der Waals surface area contributed by atoms with Crippen molar-refractivity contribution in [1.29, 1.82) is 0 Å². The molecule has 0 rings (SSSR count). The molecule has 78 valence electrons. The lowest BCUT2D eigenvalue weighted by Gasteiger charge is -2.04. The van der Waals surface area contributed by atoms with E-state index in [1.165, 1.54) is 0 Å². The summed E-state index contributed by atoms with van der Waals surface area (Å²) in [5.41, 5.74) is 0. The monoisotopic (exact) mass is 187 g/mol. The Hall–Kier alpha value is -0.570. The van der Waals surface area contributed by atoms with Crippen molar-refractivity contribution in [3.8, 4) is 0 Å². The molecule has 13 heavy (non-hydrogen) atoms. The van der Waals surface area contributed by atoms with Gasteiger partial charge in [-0.05, 0) is 19.8 Å². The lowest BCUT2D eigenvalue weighted by atomic mass is 10.1. The minimum Gasteiger partial charge on any atom is -0.393 e. The normalized spacial score (nSPS) is 12.5. The van der Waals surface area contributed by atoms with Crippen molar-refractivity contribution in [2.24, 2.45) is 0 Å².